The third-order valence-electron chi connectivity index (χ3n) is 8.79. The molecule has 1 N–H and O–H groups in total. The van der Waals surface area contributed by atoms with Gasteiger partial charge in [0.15, 0.2) is 11.6 Å². The highest BCUT2D eigenvalue weighted by molar-refractivity contribution is 6.43. The summed E-state index contributed by atoms with van der Waals surface area (Å²) in [6.07, 6.45) is 6.84. The van der Waals surface area contributed by atoms with Gasteiger partial charge in [0.2, 0.25) is 0 Å². The zero-order valence-electron chi connectivity index (χ0n) is 15.5. The minimum absolute atomic E-state index is 0.0200. The number of Topliss-reactive ketones (excluding diaryl/α,β-unsaturated/α-hetero) is 2. The molecule has 0 aromatic heterocycles. The van der Waals surface area contributed by atoms with Gasteiger partial charge >= 0.3 is 0 Å². The Morgan fingerprint density at radius 3 is 2.44 bits per heavy atom. The fraction of sp³-hybridized carbons (Fsp3) is 0.810. The van der Waals surface area contributed by atoms with Gasteiger partial charge in [-0.1, -0.05) is 25.4 Å². The van der Waals surface area contributed by atoms with Crippen molar-refractivity contribution in [1.29, 1.82) is 0 Å². The third kappa shape index (κ3) is 2.09. The van der Waals surface area contributed by atoms with Crippen molar-refractivity contribution in [3.63, 3.8) is 0 Å². The van der Waals surface area contributed by atoms with Crippen LogP contribution in [0.15, 0.2) is 10.6 Å². The van der Waals surface area contributed by atoms with E-state index in [-0.39, 0.29) is 22.4 Å². The van der Waals surface area contributed by atoms with Gasteiger partial charge in [0.1, 0.15) is 5.60 Å². The topological polar surface area (TPSA) is 54.4 Å². The maximum Gasteiger partial charge on any atom is 0.174 e. The molecule has 3 fully saturated rings. The van der Waals surface area contributed by atoms with Crippen molar-refractivity contribution in [1.82, 2.24) is 0 Å². The number of ketones is 2. The van der Waals surface area contributed by atoms with Crippen LogP contribution in [0.4, 0.5) is 0 Å². The summed E-state index contributed by atoms with van der Waals surface area (Å²) in [6, 6.07) is 0. The van der Waals surface area contributed by atoms with Crippen molar-refractivity contribution < 1.29 is 14.7 Å². The molecule has 6 atom stereocenters. The van der Waals surface area contributed by atoms with Crippen molar-refractivity contribution in [3.8, 4) is 0 Å². The standard InChI is InChI=1S/C21H29ClO3/c1-12(23)21(25)11-7-15-13-4-5-16-18(22)17(24)8-9-19(16,2)14(13)6-10-20(15,21)3/h13-15,25H,4-11H2,1-3H3. The molecule has 138 valence electrons. The Labute approximate surface area is 155 Å². The molecule has 0 aromatic carbocycles. The Morgan fingerprint density at radius 1 is 1.08 bits per heavy atom. The van der Waals surface area contributed by atoms with Crippen molar-refractivity contribution in [2.24, 2.45) is 28.6 Å². The SMILES string of the molecule is CC(=O)C1(O)CCC2C3CCC4=C(Cl)C(=O)CCC4(C)C3CCC21C. The second-order valence-corrected chi connectivity index (χ2v) is 9.84. The Hall–Kier alpha value is -0.670. The Balaban J connectivity index is 1.72. The lowest BCUT2D eigenvalue weighted by molar-refractivity contribution is -0.160. The molecule has 4 aliphatic carbocycles. The first-order valence-corrected chi connectivity index (χ1v) is 10.2. The molecule has 0 aromatic rings. The van der Waals surface area contributed by atoms with E-state index in [4.69, 9.17) is 11.6 Å². The van der Waals surface area contributed by atoms with E-state index < -0.39 is 5.60 Å². The highest BCUT2D eigenvalue weighted by Gasteiger charge is 2.65. The van der Waals surface area contributed by atoms with Gasteiger partial charge in [-0.15, -0.1) is 0 Å². The van der Waals surface area contributed by atoms with Crippen LogP contribution in [0.1, 0.15) is 72.1 Å². The van der Waals surface area contributed by atoms with E-state index in [0.717, 1.165) is 38.5 Å². The number of carbonyl (C=O) groups excluding carboxylic acids is 2. The lowest BCUT2D eigenvalue weighted by Crippen LogP contribution is -2.57. The number of hydrogen-bond acceptors (Lipinski definition) is 3. The van der Waals surface area contributed by atoms with E-state index >= 15 is 0 Å². The largest absolute Gasteiger partial charge is 0.382 e. The van der Waals surface area contributed by atoms with Gasteiger partial charge in [0.05, 0.1) is 5.03 Å². The lowest BCUT2D eigenvalue weighted by atomic mass is 9.46. The summed E-state index contributed by atoms with van der Waals surface area (Å²) in [6.45, 7) is 6.01. The van der Waals surface area contributed by atoms with Crippen LogP contribution in [0, 0.1) is 28.6 Å². The summed E-state index contributed by atoms with van der Waals surface area (Å²) >= 11 is 6.43. The van der Waals surface area contributed by atoms with E-state index in [0.29, 0.717) is 35.6 Å². The van der Waals surface area contributed by atoms with Crippen LogP contribution in [0.2, 0.25) is 0 Å². The molecule has 3 saturated carbocycles. The van der Waals surface area contributed by atoms with E-state index in [1.165, 1.54) is 5.57 Å². The molecule has 0 bridgehead atoms. The quantitative estimate of drug-likeness (QED) is 0.750. The molecule has 4 rings (SSSR count). The normalized spacial score (nSPS) is 49.5. The third-order valence-corrected chi connectivity index (χ3v) is 9.23. The predicted octanol–water partition coefficient (Wildman–Crippen LogP) is 4.40. The van der Waals surface area contributed by atoms with Crippen LogP contribution >= 0.6 is 11.6 Å². The molecule has 6 unspecified atom stereocenters. The van der Waals surface area contributed by atoms with E-state index in [1.54, 1.807) is 6.92 Å². The van der Waals surface area contributed by atoms with Crippen LogP contribution in [-0.4, -0.2) is 22.3 Å². The van der Waals surface area contributed by atoms with Gasteiger partial charge in [-0.2, -0.15) is 0 Å². The summed E-state index contributed by atoms with van der Waals surface area (Å²) in [5, 5.41) is 11.7. The first kappa shape index (κ1) is 17.7. The number of allylic oxidation sites excluding steroid dienone is 1. The number of halogens is 1. The van der Waals surface area contributed by atoms with Crippen molar-refractivity contribution in [3.05, 3.63) is 10.6 Å². The zero-order chi connectivity index (χ0) is 18.2. The van der Waals surface area contributed by atoms with Gasteiger partial charge in [-0.05, 0) is 80.6 Å². The van der Waals surface area contributed by atoms with Crippen LogP contribution in [0.5, 0.6) is 0 Å². The second kappa shape index (κ2) is 5.42. The van der Waals surface area contributed by atoms with E-state index in [9.17, 15) is 14.7 Å². The van der Waals surface area contributed by atoms with Crippen LogP contribution < -0.4 is 0 Å². The smallest absolute Gasteiger partial charge is 0.174 e. The Morgan fingerprint density at radius 2 is 1.76 bits per heavy atom. The number of carbonyl (C=O) groups is 2. The van der Waals surface area contributed by atoms with Gasteiger partial charge < -0.3 is 5.11 Å². The number of aliphatic hydroxyl groups is 1. The average molecular weight is 365 g/mol. The summed E-state index contributed by atoms with van der Waals surface area (Å²) in [5.74, 6) is 1.49. The van der Waals surface area contributed by atoms with Crippen LogP contribution in [0.25, 0.3) is 0 Å². The maximum absolute atomic E-state index is 12.2. The van der Waals surface area contributed by atoms with Gasteiger partial charge in [-0.3, -0.25) is 9.59 Å². The van der Waals surface area contributed by atoms with Crippen LogP contribution in [0.3, 0.4) is 0 Å². The zero-order valence-corrected chi connectivity index (χ0v) is 16.3. The molecule has 0 amide bonds. The second-order valence-electron chi connectivity index (χ2n) is 9.46. The molecule has 25 heavy (non-hydrogen) atoms. The molecule has 0 radical (unpaired) electrons. The number of fused-ring (bicyclic) bond motifs is 5. The van der Waals surface area contributed by atoms with Crippen LogP contribution in [-0.2, 0) is 9.59 Å². The van der Waals surface area contributed by atoms with Crippen molar-refractivity contribution in [2.45, 2.75) is 77.7 Å². The average Bonchev–Trinajstić information content (AvgIpc) is 2.84. The molecular formula is C21H29ClO3. The first-order chi connectivity index (χ1) is 11.6. The highest BCUT2D eigenvalue weighted by atomic mass is 35.5. The molecule has 4 heteroatoms. The summed E-state index contributed by atoms with van der Waals surface area (Å²) in [5.41, 5.74) is -0.243. The summed E-state index contributed by atoms with van der Waals surface area (Å²) in [4.78, 5) is 24.3. The molecule has 0 saturated heterocycles. The fourth-order valence-corrected chi connectivity index (χ4v) is 7.65. The molecular weight excluding hydrogens is 336 g/mol. The van der Waals surface area contributed by atoms with E-state index in [2.05, 4.69) is 13.8 Å². The molecule has 0 spiro atoms. The fourth-order valence-electron chi connectivity index (χ4n) is 7.24. The molecule has 0 heterocycles. The monoisotopic (exact) mass is 364 g/mol. The maximum atomic E-state index is 12.2. The first-order valence-electron chi connectivity index (χ1n) is 9.81. The van der Waals surface area contributed by atoms with E-state index in [1.807, 2.05) is 0 Å². The van der Waals surface area contributed by atoms with Gasteiger partial charge in [-0.25, -0.2) is 0 Å². The minimum atomic E-state index is -1.15. The molecule has 4 aliphatic rings. The summed E-state index contributed by atoms with van der Waals surface area (Å²) in [7, 11) is 0. The number of rotatable bonds is 1. The molecule has 3 nitrogen and oxygen atoms in total. The lowest BCUT2D eigenvalue weighted by Gasteiger charge is -2.59. The summed E-state index contributed by atoms with van der Waals surface area (Å²) < 4.78 is 0. The minimum Gasteiger partial charge on any atom is -0.382 e. The van der Waals surface area contributed by atoms with Gasteiger partial charge in [0, 0.05) is 11.8 Å². The predicted molar refractivity (Wildman–Crippen MR) is 97.1 cm³/mol. The molecule has 0 aliphatic heterocycles. The van der Waals surface area contributed by atoms with Gasteiger partial charge in [0.25, 0.3) is 0 Å². The Kier molecular flexibility index (Phi) is 3.84. The van der Waals surface area contributed by atoms with Crippen molar-refractivity contribution in [2.75, 3.05) is 0 Å². The highest BCUT2D eigenvalue weighted by Crippen LogP contribution is 2.68. The number of hydrogen-bond donors (Lipinski definition) is 1. The Bertz CT molecular complexity index is 683. The van der Waals surface area contributed by atoms with Crippen molar-refractivity contribution >= 4 is 23.2 Å².